The molecule has 2 atom stereocenters. The van der Waals surface area contributed by atoms with E-state index in [-0.39, 0.29) is 28.9 Å². The zero-order valence-corrected chi connectivity index (χ0v) is 18.3. The molecule has 9 heteroatoms. The van der Waals surface area contributed by atoms with Crippen LogP contribution >= 0.6 is 11.8 Å². The Labute approximate surface area is 179 Å². The number of amidine groups is 1. The normalized spacial score (nSPS) is 22.0. The summed E-state index contributed by atoms with van der Waals surface area (Å²) in [5, 5.41) is 3.36. The molecule has 4 rings (SSSR count). The molecule has 2 aliphatic rings. The number of hydrogen-bond acceptors (Lipinski definition) is 6. The van der Waals surface area contributed by atoms with Gasteiger partial charge in [0.25, 0.3) is 0 Å². The Hall–Kier alpha value is -2.39. The minimum Gasteiger partial charge on any atom is -0.325 e. The molecule has 0 unspecified atom stereocenters. The van der Waals surface area contributed by atoms with Gasteiger partial charge in [0.15, 0.2) is 15.0 Å². The standard InChI is InChI=1S/C21H22FN3O3S2/c1-13-7-8-16(14(2)9-13)23-20(26)10-29-21-24-17-11-30(27,28)12-19(17)25(21)18-6-4-3-5-15(18)22/h3-9,17,19H,10-12H2,1-2H3,(H,23,26)/t17-,19-/m0/s1. The fraction of sp³-hybridized carbons (Fsp3) is 0.333. The van der Waals surface area contributed by atoms with E-state index in [2.05, 4.69) is 10.3 Å². The summed E-state index contributed by atoms with van der Waals surface area (Å²) in [5.74, 6) is -0.692. The number of thioether (sulfide) groups is 1. The van der Waals surface area contributed by atoms with E-state index in [0.717, 1.165) is 16.8 Å². The monoisotopic (exact) mass is 447 g/mol. The number of halogens is 1. The van der Waals surface area contributed by atoms with Gasteiger partial charge >= 0.3 is 0 Å². The maximum atomic E-state index is 14.5. The van der Waals surface area contributed by atoms with E-state index < -0.39 is 27.7 Å². The number of nitrogens with zero attached hydrogens (tertiary/aromatic N) is 2. The molecule has 0 radical (unpaired) electrons. The number of hydrogen-bond donors (Lipinski definition) is 1. The minimum atomic E-state index is -3.22. The number of benzene rings is 2. The first kappa shape index (κ1) is 20.9. The first-order valence-corrected chi connectivity index (χ1v) is 12.4. The molecule has 1 saturated heterocycles. The van der Waals surface area contributed by atoms with Crippen molar-refractivity contribution in [3.05, 3.63) is 59.4 Å². The van der Waals surface area contributed by atoms with Crippen molar-refractivity contribution in [2.75, 3.05) is 27.5 Å². The van der Waals surface area contributed by atoms with Crippen molar-refractivity contribution in [3.8, 4) is 0 Å². The first-order valence-electron chi connectivity index (χ1n) is 9.55. The van der Waals surface area contributed by atoms with Crippen molar-refractivity contribution in [1.29, 1.82) is 0 Å². The van der Waals surface area contributed by atoms with Crippen LogP contribution in [0.25, 0.3) is 0 Å². The van der Waals surface area contributed by atoms with Crippen LogP contribution in [0.4, 0.5) is 15.8 Å². The molecule has 1 fully saturated rings. The van der Waals surface area contributed by atoms with Gasteiger partial charge < -0.3 is 10.2 Å². The van der Waals surface area contributed by atoms with E-state index in [1.165, 1.54) is 17.8 Å². The lowest BCUT2D eigenvalue weighted by Gasteiger charge is -2.26. The third-order valence-corrected chi connectivity index (χ3v) is 7.87. The molecule has 2 aromatic carbocycles. The van der Waals surface area contributed by atoms with Crippen LogP contribution in [0.3, 0.4) is 0 Å². The van der Waals surface area contributed by atoms with Gasteiger partial charge in [-0.1, -0.05) is 41.6 Å². The number of sulfone groups is 1. The number of anilines is 2. The molecule has 158 valence electrons. The number of aliphatic imine (C=N–C) groups is 1. The third-order valence-electron chi connectivity index (χ3n) is 5.21. The van der Waals surface area contributed by atoms with Crippen LogP contribution < -0.4 is 10.2 Å². The summed E-state index contributed by atoms with van der Waals surface area (Å²) in [5.41, 5.74) is 3.11. The highest BCUT2D eigenvalue weighted by molar-refractivity contribution is 8.14. The van der Waals surface area contributed by atoms with Crippen molar-refractivity contribution in [2.24, 2.45) is 4.99 Å². The number of para-hydroxylation sites is 1. The number of carbonyl (C=O) groups excluding carboxylic acids is 1. The van der Waals surface area contributed by atoms with E-state index >= 15 is 0 Å². The smallest absolute Gasteiger partial charge is 0.234 e. The summed E-state index contributed by atoms with van der Waals surface area (Å²) in [6.45, 7) is 3.92. The van der Waals surface area contributed by atoms with E-state index in [4.69, 9.17) is 0 Å². The van der Waals surface area contributed by atoms with Gasteiger partial charge in [0.2, 0.25) is 5.91 Å². The summed E-state index contributed by atoms with van der Waals surface area (Å²) < 4.78 is 38.6. The van der Waals surface area contributed by atoms with E-state index in [1.807, 2.05) is 32.0 Å². The number of carbonyl (C=O) groups is 1. The van der Waals surface area contributed by atoms with Crippen LogP contribution in [0, 0.1) is 19.7 Å². The second-order valence-electron chi connectivity index (χ2n) is 7.60. The molecule has 0 aromatic heterocycles. The predicted molar refractivity (Wildman–Crippen MR) is 120 cm³/mol. The summed E-state index contributed by atoms with van der Waals surface area (Å²) in [6.07, 6.45) is 0. The highest BCUT2D eigenvalue weighted by Gasteiger charge is 2.47. The van der Waals surface area contributed by atoms with Crippen LogP contribution in [0.15, 0.2) is 47.5 Å². The van der Waals surface area contributed by atoms with E-state index in [0.29, 0.717) is 5.17 Å². The van der Waals surface area contributed by atoms with Crippen LogP contribution in [0.1, 0.15) is 11.1 Å². The average Bonchev–Trinajstić information content (AvgIpc) is 3.14. The zero-order chi connectivity index (χ0) is 21.5. The Bertz CT molecular complexity index is 1130. The molecule has 0 saturated carbocycles. The molecule has 2 heterocycles. The molecule has 0 spiro atoms. The summed E-state index contributed by atoms with van der Waals surface area (Å²) in [4.78, 5) is 18.7. The molecule has 0 aliphatic carbocycles. The van der Waals surface area contributed by atoms with Crippen molar-refractivity contribution in [1.82, 2.24) is 0 Å². The second kappa shape index (κ2) is 8.03. The fourth-order valence-electron chi connectivity index (χ4n) is 3.83. The first-order chi connectivity index (χ1) is 14.2. The molecular formula is C21H22FN3O3S2. The summed E-state index contributed by atoms with van der Waals surface area (Å²) in [6, 6.07) is 11.1. The summed E-state index contributed by atoms with van der Waals surface area (Å²) >= 11 is 1.19. The van der Waals surface area contributed by atoms with Crippen LogP contribution in [-0.2, 0) is 14.6 Å². The van der Waals surface area contributed by atoms with E-state index in [9.17, 15) is 17.6 Å². The lowest BCUT2D eigenvalue weighted by atomic mass is 10.1. The van der Waals surface area contributed by atoms with Gasteiger partial charge in [-0.3, -0.25) is 9.79 Å². The molecule has 0 bridgehead atoms. The number of aryl methyl sites for hydroxylation is 2. The quantitative estimate of drug-likeness (QED) is 0.779. The largest absolute Gasteiger partial charge is 0.325 e. The molecular weight excluding hydrogens is 425 g/mol. The molecule has 2 aromatic rings. The van der Waals surface area contributed by atoms with Crippen LogP contribution in [-0.4, -0.2) is 48.8 Å². The average molecular weight is 448 g/mol. The van der Waals surface area contributed by atoms with Crippen molar-refractivity contribution < 1.29 is 17.6 Å². The Morgan fingerprint density at radius 3 is 2.73 bits per heavy atom. The Morgan fingerprint density at radius 2 is 2.00 bits per heavy atom. The van der Waals surface area contributed by atoms with Gasteiger partial charge in [-0.05, 0) is 37.6 Å². The van der Waals surface area contributed by atoms with Gasteiger partial charge in [0, 0.05) is 5.69 Å². The van der Waals surface area contributed by atoms with Gasteiger partial charge in [0.1, 0.15) is 5.82 Å². The van der Waals surface area contributed by atoms with Crippen molar-refractivity contribution >= 4 is 44.0 Å². The topological polar surface area (TPSA) is 78.8 Å². The highest BCUT2D eigenvalue weighted by Crippen LogP contribution is 2.36. The number of amides is 1. The highest BCUT2D eigenvalue weighted by atomic mass is 32.2. The van der Waals surface area contributed by atoms with Gasteiger partial charge in [-0.15, -0.1) is 0 Å². The van der Waals surface area contributed by atoms with Crippen LogP contribution in [0.5, 0.6) is 0 Å². The van der Waals surface area contributed by atoms with Gasteiger partial charge in [0.05, 0.1) is 35.0 Å². The Kier molecular flexibility index (Phi) is 5.59. The van der Waals surface area contributed by atoms with Crippen molar-refractivity contribution in [2.45, 2.75) is 25.9 Å². The van der Waals surface area contributed by atoms with E-state index in [1.54, 1.807) is 23.1 Å². The zero-order valence-electron chi connectivity index (χ0n) is 16.6. The lowest BCUT2D eigenvalue weighted by Crippen LogP contribution is -2.40. The summed E-state index contributed by atoms with van der Waals surface area (Å²) in [7, 11) is -3.22. The van der Waals surface area contributed by atoms with Crippen molar-refractivity contribution in [3.63, 3.8) is 0 Å². The SMILES string of the molecule is Cc1ccc(NC(=O)CSC2=N[C@H]3CS(=O)(=O)C[C@@H]3N2c2ccccc2F)c(C)c1. The third kappa shape index (κ3) is 4.22. The molecule has 6 nitrogen and oxygen atoms in total. The second-order valence-corrected chi connectivity index (χ2v) is 10.7. The Balaban J connectivity index is 1.52. The number of fused-ring (bicyclic) bond motifs is 1. The molecule has 1 N–H and O–H groups in total. The molecule has 30 heavy (non-hydrogen) atoms. The van der Waals surface area contributed by atoms with Crippen LogP contribution in [0.2, 0.25) is 0 Å². The lowest BCUT2D eigenvalue weighted by molar-refractivity contribution is -0.113. The number of nitrogens with one attached hydrogen (secondary N) is 1. The fourth-order valence-corrected chi connectivity index (χ4v) is 6.59. The number of rotatable bonds is 4. The van der Waals surface area contributed by atoms with Gasteiger partial charge in [-0.25, -0.2) is 12.8 Å². The molecule has 2 aliphatic heterocycles. The minimum absolute atomic E-state index is 0.0541. The predicted octanol–water partition coefficient (Wildman–Crippen LogP) is 3.16. The maximum absolute atomic E-state index is 14.5. The van der Waals surface area contributed by atoms with Gasteiger partial charge in [-0.2, -0.15) is 0 Å². The Morgan fingerprint density at radius 1 is 1.23 bits per heavy atom. The maximum Gasteiger partial charge on any atom is 0.234 e. The molecule has 1 amide bonds.